The standard InChI is InChI=1S/C19H26O3/c1-18-7-6-15-14(16(18)10-17(21)22-11-18)4-3-12-9-13(20)5-8-19(12,15)2/h9,14-16H,3-8,10-11H2,1-2H3/t14-,15+,16+,18-,19+/m1/s1. The highest BCUT2D eigenvalue weighted by Gasteiger charge is 2.56. The van der Waals surface area contributed by atoms with Crippen LogP contribution in [0.5, 0.6) is 0 Å². The van der Waals surface area contributed by atoms with Crippen molar-refractivity contribution in [1.29, 1.82) is 0 Å². The van der Waals surface area contributed by atoms with Gasteiger partial charge in [-0.3, -0.25) is 9.59 Å². The summed E-state index contributed by atoms with van der Waals surface area (Å²) in [7, 11) is 0. The van der Waals surface area contributed by atoms with Gasteiger partial charge in [-0.05, 0) is 61.3 Å². The molecule has 0 spiro atoms. The Bertz CT molecular complexity index is 563. The van der Waals surface area contributed by atoms with E-state index < -0.39 is 0 Å². The Balaban J connectivity index is 1.68. The fourth-order valence-corrected chi connectivity index (χ4v) is 6.01. The zero-order valence-electron chi connectivity index (χ0n) is 13.7. The number of ether oxygens (including phenoxy) is 1. The zero-order chi connectivity index (χ0) is 15.5. The summed E-state index contributed by atoms with van der Waals surface area (Å²) in [6.07, 6.45) is 8.83. The zero-order valence-corrected chi connectivity index (χ0v) is 13.7. The van der Waals surface area contributed by atoms with Crippen molar-refractivity contribution < 1.29 is 14.3 Å². The molecule has 1 saturated heterocycles. The first-order chi connectivity index (χ1) is 10.4. The Hall–Kier alpha value is -1.12. The van der Waals surface area contributed by atoms with Crippen LogP contribution in [0.4, 0.5) is 0 Å². The van der Waals surface area contributed by atoms with Crippen LogP contribution < -0.4 is 0 Å². The largest absolute Gasteiger partial charge is 0.465 e. The molecule has 0 radical (unpaired) electrons. The molecule has 0 aromatic heterocycles. The van der Waals surface area contributed by atoms with Crippen LogP contribution in [-0.4, -0.2) is 18.4 Å². The summed E-state index contributed by atoms with van der Waals surface area (Å²) in [5.41, 5.74) is 1.77. The maximum absolute atomic E-state index is 11.9. The van der Waals surface area contributed by atoms with E-state index in [0.717, 1.165) is 25.7 Å². The molecule has 1 aliphatic heterocycles. The third-order valence-corrected chi connectivity index (χ3v) is 7.43. The van der Waals surface area contributed by atoms with Crippen molar-refractivity contribution in [2.75, 3.05) is 6.61 Å². The Morgan fingerprint density at radius 2 is 1.91 bits per heavy atom. The van der Waals surface area contributed by atoms with E-state index in [1.165, 1.54) is 12.0 Å². The first-order valence-electron chi connectivity index (χ1n) is 8.82. The number of carbonyl (C=O) groups is 2. The summed E-state index contributed by atoms with van der Waals surface area (Å²) >= 11 is 0. The van der Waals surface area contributed by atoms with Crippen molar-refractivity contribution in [1.82, 2.24) is 0 Å². The van der Waals surface area contributed by atoms with E-state index in [1.807, 2.05) is 6.08 Å². The molecule has 3 aliphatic carbocycles. The second-order valence-corrected chi connectivity index (χ2v) is 8.53. The van der Waals surface area contributed by atoms with Gasteiger partial charge in [0.15, 0.2) is 5.78 Å². The average molecular weight is 302 g/mol. The van der Waals surface area contributed by atoms with Crippen LogP contribution in [0.25, 0.3) is 0 Å². The van der Waals surface area contributed by atoms with Crippen molar-refractivity contribution >= 4 is 11.8 Å². The molecule has 4 aliphatic rings. The van der Waals surface area contributed by atoms with E-state index >= 15 is 0 Å². The van der Waals surface area contributed by atoms with Crippen LogP contribution in [0.2, 0.25) is 0 Å². The minimum absolute atomic E-state index is 0.00607. The molecule has 0 unspecified atom stereocenters. The molecule has 5 atom stereocenters. The molecule has 0 amide bonds. The van der Waals surface area contributed by atoms with Crippen LogP contribution >= 0.6 is 0 Å². The highest BCUT2D eigenvalue weighted by molar-refractivity contribution is 5.91. The highest BCUT2D eigenvalue weighted by Crippen LogP contribution is 2.62. The molecule has 2 saturated carbocycles. The first kappa shape index (κ1) is 14.5. The molecule has 120 valence electrons. The normalized spacial score (nSPS) is 47.7. The monoisotopic (exact) mass is 302 g/mol. The molecule has 0 aromatic rings. The third-order valence-electron chi connectivity index (χ3n) is 7.43. The minimum Gasteiger partial charge on any atom is -0.465 e. The fourth-order valence-electron chi connectivity index (χ4n) is 6.01. The van der Waals surface area contributed by atoms with Crippen molar-refractivity contribution in [3.05, 3.63) is 11.6 Å². The number of esters is 1. The van der Waals surface area contributed by atoms with Crippen molar-refractivity contribution in [3.8, 4) is 0 Å². The molecule has 0 N–H and O–H groups in total. The van der Waals surface area contributed by atoms with Gasteiger partial charge in [0.1, 0.15) is 0 Å². The van der Waals surface area contributed by atoms with Gasteiger partial charge < -0.3 is 4.74 Å². The molecular weight excluding hydrogens is 276 g/mol. The summed E-state index contributed by atoms with van der Waals surface area (Å²) in [6, 6.07) is 0. The van der Waals surface area contributed by atoms with E-state index in [4.69, 9.17) is 4.74 Å². The van der Waals surface area contributed by atoms with E-state index in [-0.39, 0.29) is 16.8 Å². The topological polar surface area (TPSA) is 43.4 Å². The number of fused-ring (bicyclic) bond motifs is 5. The lowest BCUT2D eigenvalue weighted by atomic mass is 9.46. The van der Waals surface area contributed by atoms with Gasteiger partial charge in [0.2, 0.25) is 0 Å². The Labute approximate surface area is 132 Å². The van der Waals surface area contributed by atoms with Gasteiger partial charge in [0.25, 0.3) is 0 Å². The first-order valence-corrected chi connectivity index (χ1v) is 8.82. The van der Waals surface area contributed by atoms with Crippen LogP contribution in [-0.2, 0) is 14.3 Å². The van der Waals surface area contributed by atoms with Gasteiger partial charge in [-0.2, -0.15) is 0 Å². The highest BCUT2D eigenvalue weighted by atomic mass is 16.5. The number of cyclic esters (lactones) is 1. The summed E-state index contributed by atoms with van der Waals surface area (Å²) in [4.78, 5) is 23.7. The predicted octanol–water partition coefficient (Wildman–Crippen LogP) is 3.67. The Morgan fingerprint density at radius 1 is 1.09 bits per heavy atom. The minimum atomic E-state index is -0.00607. The van der Waals surface area contributed by atoms with Crippen LogP contribution in [0.15, 0.2) is 11.6 Å². The summed E-state index contributed by atoms with van der Waals surface area (Å²) in [5.74, 6) is 2.05. The van der Waals surface area contributed by atoms with Crippen molar-refractivity contribution in [2.24, 2.45) is 28.6 Å². The SMILES string of the molecule is C[C@]12CC[C@H]3[C@@H](CCC4=CC(=O)CC[C@@]43C)[C@@H]1CC(=O)OC2. The van der Waals surface area contributed by atoms with Gasteiger partial charge in [0, 0.05) is 18.3 Å². The maximum Gasteiger partial charge on any atom is 0.306 e. The molecule has 0 aromatic carbocycles. The molecular formula is C19H26O3. The lowest BCUT2D eigenvalue weighted by molar-refractivity contribution is -0.173. The number of hydrogen-bond acceptors (Lipinski definition) is 3. The van der Waals surface area contributed by atoms with Crippen molar-refractivity contribution in [3.63, 3.8) is 0 Å². The van der Waals surface area contributed by atoms with Gasteiger partial charge in [0.05, 0.1) is 6.61 Å². The summed E-state index contributed by atoms with van der Waals surface area (Å²) in [5, 5.41) is 0. The van der Waals surface area contributed by atoms with Gasteiger partial charge in [-0.25, -0.2) is 0 Å². The molecule has 22 heavy (non-hydrogen) atoms. The third kappa shape index (κ3) is 1.93. The van der Waals surface area contributed by atoms with E-state index in [9.17, 15) is 9.59 Å². The van der Waals surface area contributed by atoms with Crippen molar-refractivity contribution in [2.45, 2.75) is 58.8 Å². The Kier molecular flexibility index (Phi) is 3.08. The van der Waals surface area contributed by atoms with Gasteiger partial charge in [-0.1, -0.05) is 19.4 Å². The second-order valence-electron chi connectivity index (χ2n) is 8.53. The molecule has 3 fully saturated rings. The molecule has 4 rings (SSSR count). The fraction of sp³-hybridized carbons (Fsp3) is 0.789. The summed E-state index contributed by atoms with van der Waals surface area (Å²) in [6.45, 7) is 5.31. The predicted molar refractivity (Wildman–Crippen MR) is 83.1 cm³/mol. The lowest BCUT2D eigenvalue weighted by Crippen LogP contribution is -2.54. The number of hydrogen-bond donors (Lipinski definition) is 0. The molecule has 3 heteroatoms. The molecule has 3 nitrogen and oxygen atoms in total. The molecule has 1 heterocycles. The van der Waals surface area contributed by atoms with E-state index in [2.05, 4.69) is 13.8 Å². The number of carbonyl (C=O) groups excluding carboxylic acids is 2. The summed E-state index contributed by atoms with van der Waals surface area (Å²) < 4.78 is 5.38. The number of allylic oxidation sites excluding steroid dienone is 2. The van der Waals surface area contributed by atoms with E-state index in [1.54, 1.807) is 0 Å². The van der Waals surface area contributed by atoms with Crippen LogP contribution in [0.3, 0.4) is 0 Å². The maximum atomic E-state index is 11.9. The van der Waals surface area contributed by atoms with Crippen LogP contribution in [0, 0.1) is 28.6 Å². The lowest BCUT2D eigenvalue weighted by Gasteiger charge is -2.59. The quantitative estimate of drug-likeness (QED) is 0.641. The average Bonchev–Trinajstić information content (AvgIpc) is 2.48. The van der Waals surface area contributed by atoms with E-state index in [0.29, 0.717) is 43.0 Å². The smallest absolute Gasteiger partial charge is 0.306 e. The number of ketones is 1. The molecule has 0 bridgehead atoms. The second kappa shape index (κ2) is 4.69. The van der Waals surface area contributed by atoms with Gasteiger partial charge >= 0.3 is 5.97 Å². The Morgan fingerprint density at radius 3 is 2.73 bits per heavy atom. The van der Waals surface area contributed by atoms with Gasteiger partial charge in [-0.15, -0.1) is 0 Å². The van der Waals surface area contributed by atoms with Crippen LogP contribution in [0.1, 0.15) is 58.8 Å². The number of rotatable bonds is 0.